The normalized spacial score (nSPS) is 14.4. The molecule has 0 saturated heterocycles. The van der Waals surface area contributed by atoms with Gasteiger partial charge in [-0.3, -0.25) is 0 Å². The summed E-state index contributed by atoms with van der Waals surface area (Å²) in [6.45, 7) is 0. The third kappa shape index (κ3) is 4.04. The van der Waals surface area contributed by atoms with Crippen LogP contribution in [0.3, 0.4) is 0 Å². The summed E-state index contributed by atoms with van der Waals surface area (Å²) in [6.07, 6.45) is -15.2. The van der Waals surface area contributed by atoms with Crippen molar-refractivity contribution in [3.05, 3.63) is 56.9 Å². The second-order valence-electron chi connectivity index (χ2n) is 8.05. The summed E-state index contributed by atoms with van der Waals surface area (Å²) in [5, 5.41) is -16.9. The molecule has 0 aliphatic rings. The van der Waals surface area contributed by atoms with Crippen molar-refractivity contribution in [2.45, 2.75) is 36.0 Å². The molecule has 0 aromatic heterocycles. The maximum atomic E-state index is 14.9. The molecule has 0 N–H and O–H groups in total. The molecule has 234 valence electrons. The third-order valence-electron chi connectivity index (χ3n) is 5.66. The molecule has 22 heteroatoms. The Balaban J connectivity index is 3.03. The summed E-state index contributed by atoms with van der Waals surface area (Å²) in [7, 11) is 0. The Kier molecular flexibility index (Phi) is 7.38. The summed E-state index contributed by atoms with van der Waals surface area (Å²) < 4.78 is 293. The van der Waals surface area contributed by atoms with Crippen molar-refractivity contribution in [3.63, 3.8) is 0 Å². The van der Waals surface area contributed by atoms with E-state index < -0.39 is 114 Å². The molecule has 0 nitrogen and oxygen atoms in total. The molecule has 0 spiro atoms. The highest BCUT2D eigenvalue weighted by atomic mass is 35.5. The molecule has 3 aromatic carbocycles. The Morgan fingerprint density at radius 1 is 0.333 bits per heavy atom. The molecule has 42 heavy (non-hydrogen) atoms. The second-order valence-corrected chi connectivity index (χ2v) is 8.43. The van der Waals surface area contributed by atoms with Crippen molar-refractivity contribution >= 4 is 33.1 Å². The van der Waals surface area contributed by atoms with E-state index in [1.807, 2.05) is 0 Å². The first-order valence-electron chi connectivity index (χ1n) is 9.66. The predicted octanol–water partition coefficient (Wildman–Crippen LogP) is 10.2. The van der Waals surface area contributed by atoms with E-state index in [1.54, 1.807) is 0 Å². The number of halogens is 22. The van der Waals surface area contributed by atoms with Crippen LogP contribution in [0.2, 0.25) is 5.02 Å². The van der Waals surface area contributed by atoms with Crippen LogP contribution in [0.4, 0.5) is 92.2 Å². The van der Waals surface area contributed by atoms with Crippen molar-refractivity contribution in [3.8, 4) is 0 Å². The quantitative estimate of drug-likeness (QED) is 0.112. The van der Waals surface area contributed by atoms with Gasteiger partial charge in [0.15, 0.2) is 40.7 Å². The molecule has 0 atom stereocenters. The van der Waals surface area contributed by atoms with Gasteiger partial charge in [0.2, 0.25) is 0 Å². The van der Waals surface area contributed by atoms with E-state index in [0.29, 0.717) is 0 Å². The van der Waals surface area contributed by atoms with Crippen LogP contribution in [0.1, 0.15) is 11.1 Å². The molecule has 0 saturated carbocycles. The summed E-state index contributed by atoms with van der Waals surface area (Å²) in [6, 6.07) is 0. The van der Waals surface area contributed by atoms with Gasteiger partial charge in [-0.05, 0) is 0 Å². The zero-order chi connectivity index (χ0) is 33.1. The minimum Gasteiger partial charge on any atom is -0.203 e. The van der Waals surface area contributed by atoms with Crippen LogP contribution in [0.5, 0.6) is 0 Å². The molecule has 0 amide bonds. The van der Waals surface area contributed by atoms with E-state index in [1.165, 1.54) is 0 Å². The number of fused-ring (bicyclic) bond motifs is 2. The predicted molar refractivity (Wildman–Crippen MR) is 96.0 cm³/mol. The first-order chi connectivity index (χ1) is 18.5. The van der Waals surface area contributed by atoms with Crippen LogP contribution >= 0.6 is 11.6 Å². The van der Waals surface area contributed by atoms with Crippen LogP contribution < -0.4 is 0 Å². The van der Waals surface area contributed by atoms with Gasteiger partial charge >= 0.3 is 36.0 Å². The first kappa shape index (κ1) is 33.5. The van der Waals surface area contributed by atoms with Gasteiger partial charge in [-0.15, -0.1) is 0 Å². The Labute approximate surface area is 219 Å². The van der Waals surface area contributed by atoms with Gasteiger partial charge < -0.3 is 0 Å². The highest BCUT2D eigenvalue weighted by Crippen LogP contribution is 2.61. The lowest BCUT2D eigenvalue weighted by atomic mass is 9.82. The molecule has 0 fully saturated rings. The van der Waals surface area contributed by atoms with E-state index in [9.17, 15) is 92.2 Å². The lowest BCUT2D eigenvalue weighted by molar-refractivity contribution is -0.359. The zero-order valence-corrected chi connectivity index (χ0v) is 19.1. The highest BCUT2D eigenvalue weighted by molar-refractivity contribution is 6.37. The average Bonchev–Trinajstić information content (AvgIpc) is 2.84. The lowest BCUT2D eigenvalue weighted by Gasteiger charge is -2.34. The Morgan fingerprint density at radius 3 is 0.857 bits per heavy atom. The molecular weight excluding hydrogens is 675 g/mol. The van der Waals surface area contributed by atoms with Crippen LogP contribution in [0.15, 0.2) is 0 Å². The van der Waals surface area contributed by atoms with Crippen molar-refractivity contribution in [2.75, 3.05) is 0 Å². The van der Waals surface area contributed by atoms with E-state index in [-0.39, 0.29) is 0 Å². The maximum absolute atomic E-state index is 14.9. The molecule has 0 bridgehead atoms. The van der Waals surface area contributed by atoms with Gasteiger partial charge in [0.05, 0.1) is 5.02 Å². The fourth-order valence-electron chi connectivity index (χ4n) is 3.75. The number of hydrogen-bond acceptors (Lipinski definition) is 0. The monoisotopic (exact) mass is 674 g/mol. The fraction of sp³-hybridized carbons (Fsp3) is 0.300. The van der Waals surface area contributed by atoms with Crippen LogP contribution in [-0.2, 0) is 11.8 Å². The highest BCUT2D eigenvalue weighted by Gasteiger charge is 2.76. The number of alkyl halides is 14. The summed E-state index contributed by atoms with van der Waals surface area (Å²) >= 11 is 4.99. The number of rotatable bonds is 4. The number of benzene rings is 3. The standard InChI is InChI=1S/C20ClF21/c21-7-1-2(8(22)12(26)11(7)25)6(16(31,32)18(35,36)20(40,41)42)4-3(9(23)13(27)14(28)10(4)24)5(1)15(29,30)17(33,34)19(37,38)39. The van der Waals surface area contributed by atoms with E-state index in [0.717, 1.165) is 0 Å². The Morgan fingerprint density at radius 2 is 0.571 bits per heavy atom. The van der Waals surface area contributed by atoms with Gasteiger partial charge in [0, 0.05) is 32.7 Å². The smallest absolute Gasteiger partial charge is 0.203 e. The van der Waals surface area contributed by atoms with Gasteiger partial charge in [0.25, 0.3) is 0 Å². The van der Waals surface area contributed by atoms with Gasteiger partial charge in [-0.25, -0.2) is 30.7 Å². The molecule has 0 aliphatic carbocycles. The largest absolute Gasteiger partial charge is 0.460 e. The van der Waals surface area contributed by atoms with E-state index in [2.05, 4.69) is 0 Å². The molecule has 0 unspecified atom stereocenters. The minimum atomic E-state index is -7.75. The number of hydrogen-bond donors (Lipinski definition) is 0. The maximum Gasteiger partial charge on any atom is 0.460 e. The summed E-state index contributed by atoms with van der Waals surface area (Å²) in [4.78, 5) is 0. The van der Waals surface area contributed by atoms with Gasteiger partial charge in [-0.1, -0.05) is 11.6 Å². The molecule has 3 rings (SSSR count). The SMILES string of the molecule is Fc1c(F)c(F)c2c(C(F)(F)C(F)(F)C(F)(F)F)c3c(Cl)c(F)c(F)c(F)c3c(C(F)(F)C(F)(F)C(F)(F)F)c2c1F. The second kappa shape index (κ2) is 9.25. The van der Waals surface area contributed by atoms with Gasteiger partial charge in [-0.2, -0.15) is 61.5 Å². The topological polar surface area (TPSA) is 0 Å². The van der Waals surface area contributed by atoms with Crippen molar-refractivity contribution < 1.29 is 92.2 Å². The summed E-state index contributed by atoms with van der Waals surface area (Å²) in [5.41, 5.74) is -7.89. The zero-order valence-electron chi connectivity index (χ0n) is 18.3. The molecule has 0 heterocycles. The Hall–Kier alpha value is -3.00. The molecular formula is C20ClF21. The first-order valence-corrected chi connectivity index (χ1v) is 10.0. The minimum absolute atomic E-state index is 2.89. The molecule has 3 aromatic rings. The van der Waals surface area contributed by atoms with Crippen LogP contribution in [-0.4, -0.2) is 24.2 Å². The van der Waals surface area contributed by atoms with Crippen molar-refractivity contribution in [2.24, 2.45) is 0 Å². The molecule has 0 radical (unpaired) electrons. The van der Waals surface area contributed by atoms with Crippen molar-refractivity contribution in [1.29, 1.82) is 0 Å². The molecule has 0 aliphatic heterocycles. The van der Waals surface area contributed by atoms with Gasteiger partial charge in [0.1, 0.15) is 0 Å². The third-order valence-corrected chi connectivity index (χ3v) is 6.02. The Bertz CT molecular complexity index is 1430. The summed E-state index contributed by atoms with van der Waals surface area (Å²) in [5.74, 6) is -55.5. The van der Waals surface area contributed by atoms with Crippen LogP contribution in [0, 0.1) is 40.7 Å². The fourth-order valence-corrected chi connectivity index (χ4v) is 4.02. The van der Waals surface area contributed by atoms with Crippen LogP contribution in [0.25, 0.3) is 21.5 Å². The van der Waals surface area contributed by atoms with E-state index in [4.69, 9.17) is 11.6 Å². The van der Waals surface area contributed by atoms with Crippen molar-refractivity contribution in [1.82, 2.24) is 0 Å². The van der Waals surface area contributed by atoms with E-state index >= 15 is 0 Å². The average molecular weight is 675 g/mol. The lowest BCUT2D eigenvalue weighted by Crippen LogP contribution is -2.51.